The van der Waals surface area contributed by atoms with Crippen molar-refractivity contribution in [1.29, 1.82) is 0 Å². The smallest absolute Gasteiger partial charge is 0.326 e. The predicted molar refractivity (Wildman–Crippen MR) is 84.7 cm³/mol. The lowest BCUT2D eigenvalue weighted by molar-refractivity contribution is -0.142. The van der Waals surface area contributed by atoms with E-state index in [1.807, 2.05) is 4.72 Å². The summed E-state index contributed by atoms with van der Waals surface area (Å²) in [7, 11) is -2.75. The van der Waals surface area contributed by atoms with Crippen LogP contribution in [0.25, 0.3) is 0 Å². The van der Waals surface area contributed by atoms with E-state index in [-0.39, 0.29) is 18.6 Å². The number of sulfonamides is 1. The van der Waals surface area contributed by atoms with Gasteiger partial charge in [-0.2, -0.15) is 0 Å². The molecular formula is C15H21NO6S. The van der Waals surface area contributed by atoms with Crippen molar-refractivity contribution in [1.82, 2.24) is 4.72 Å². The Bertz CT molecular complexity index is 656. The average molecular weight is 343 g/mol. The van der Waals surface area contributed by atoms with Crippen LogP contribution < -0.4 is 9.46 Å². The van der Waals surface area contributed by atoms with Crippen LogP contribution in [0.5, 0.6) is 5.75 Å². The Morgan fingerprint density at radius 2 is 1.96 bits per heavy atom. The van der Waals surface area contributed by atoms with Crippen molar-refractivity contribution < 1.29 is 27.5 Å². The Labute approximate surface area is 136 Å². The molecule has 0 heterocycles. The summed E-state index contributed by atoms with van der Waals surface area (Å²) in [4.78, 5) is 23.9. The Balaban J connectivity index is 2.97. The van der Waals surface area contributed by atoms with E-state index in [0.717, 1.165) is 0 Å². The Kier molecular flexibility index (Phi) is 7.02. The quantitative estimate of drug-likeness (QED) is 0.718. The van der Waals surface area contributed by atoms with Crippen LogP contribution in [-0.4, -0.2) is 39.3 Å². The second kappa shape index (κ2) is 8.52. The van der Waals surface area contributed by atoms with Gasteiger partial charge in [-0.1, -0.05) is 19.4 Å². The second-order valence-electron chi connectivity index (χ2n) is 4.74. The fourth-order valence-electron chi connectivity index (χ4n) is 1.92. The zero-order valence-corrected chi connectivity index (χ0v) is 14.2. The van der Waals surface area contributed by atoms with Crippen LogP contribution >= 0.6 is 0 Å². The van der Waals surface area contributed by atoms with E-state index in [1.54, 1.807) is 26.0 Å². The van der Waals surface area contributed by atoms with E-state index in [2.05, 4.69) is 0 Å². The van der Waals surface area contributed by atoms with Gasteiger partial charge in [0.2, 0.25) is 10.0 Å². The van der Waals surface area contributed by atoms with Crippen LogP contribution in [0, 0.1) is 0 Å². The largest absolute Gasteiger partial charge is 0.497 e. The Morgan fingerprint density at radius 1 is 1.26 bits per heavy atom. The minimum atomic E-state index is -4.19. The molecular weight excluding hydrogens is 322 g/mol. The fourth-order valence-corrected chi connectivity index (χ4v) is 3.31. The summed E-state index contributed by atoms with van der Waals surface area (Å²) in [5.41, 5.74) is 0.118. The zero-order chi connectivity index (χ0) is 17.5. The van der Waals surface area contributed by atoms with Crippen molar-refractivity contribution in [3.8, 4) is 5.75 Å². The average Bonchev–Trinajstić information content (AvgIpc) is 2.52. The van der Waals surface area contributed by atoms with Crippen molar-refractivity contribution in [2.75, 3.05) is 13.7 Å². The van der Waals surface area contributed by atoms with Crippen LogP contribution in [0.4, 0.5) is 0 Å². The molecule has 0 fully saturated rings. The number of methoxy groups -OCH3 is 1. The van der Waals surface area contributed by atoms with Gasteiger partial charge in [-0.3, -0.25) is 9.59 Å². The lowest BCUT2D eigenvalue weighted by atomic mass is 10.2. The first kappa shape index (κ1) is 19.0. The molecule has 1 aromatic rings. The van der Waals surface area contributed by atoms with Gasteiger partial charge in [-0.15, -0.1) is 0 Å². The van der Waals surface area contributed by atoms with Gasteiger partial charge in [-0.25, -0.2) is 13.1 Å². The highest BCUT2D eigenvalue weighted by Crippen LogP contribution is 2.14. The summed E-state index contributed by atoms with van der Waals surface area (Å²) < 4.78 is 36.3. The van der Waals surface area contributed by atoms with Gasteiger partial charge in [-0.05, 0) is 31.5 Å². The van der Waals surface area contributed by atoms with E-state index >= 15 is 0 Å². The molecule has 0 unspecified atom stereocenters. The van der Waals surface area contributed by atoms with E-state index in [0.29, 0.717) is 12.2 Å². The van der Waals surface area contributed by atoms with Crippen LogP contribution in [0.1, 0.15) is 37.0 Å². The topological polar surface area (TPSA) is 98.8 Å². The van der Waals surface area contributed by atoms with Crippen molar-refractivity contribution in [3.63, 3.8) is 0 Å². The maximum absolute atomic E-state index is 12.3. The summed E-state index contributed by atoms with van der Waals surface area (Å²) in [6.45, 7) is 3.40. The summed E-state index contributed by atoms with van der Waals surface area (Å²) in [5, 5.41) is -1.41. The molecule has 8 heteroatoms. The number of rotatable bonds is 8. The van der Waals surface area contributed by atoms with Crippen LogP contribution in [0.15, 0.2) is 24.3 Å². The lowest BCUT2D eigenvalue weighted by Gasteiger charge is -2.16. The molecule has 0 radical (unpaired) electrons. The molecule has 0 saturated heterocycles. The number of esters is 1. The number of nitrogens with one attached hydrogen (secondary N) is 1. The van der Waals surface area contributed by atoms with Crippen LogP contribution in [0.2, 0.25) is 0 Å². The molecule has 1 aromatic carbocycles. The number of carbonyl (C=O) groups excluding carboxylic acids is 2. The third kappa shape index (κ3) is 5.24. The van der Waals surface area contributed by atoms with Gasteiger partial charge >= 0.3 is 5.97 Å². The van der Waals surface area contributed by atoms with Crippen molar-refractivity contribution in [3.05, 3.63) is 29.8 Å². The van der Waals surface area contributed by atoms with Crippen molar-refractivity contribution in [2.45, 2.75) is 31.9 Å². The molecule has 0 saturated carbocycles. The molecule has 1 amide bonds. The first-order chi connectivity index (χ1) is 10.9. The van der Waals surface area contributed by atoms with E-state index in [4.69, 9.17) is 9.47 Å². The molecule has 0 aromatic heterocycles. The highest BCUT2D eigenvalue weighted by Gasteiger charge is 2.34. The molecule has 0 aliphatic carbocycles. The third-order valence-corrected chi connectivity index (χ3v) is 4.69. The molecule has 128 valence electrons. The minimum Gasteiger partial charge on any atom is -0.497 e. The van der Waals surface area contributed by atoms with E-state index in [9.17, 15) is 18.0 Å². The molecule has 1 rings (SSSR count). The standard InChI is InChI=1S/C15H21NO6S/c1-4-7-13(15(18)22-5-2)23(19,20)16-14(17)11-8-6-9-12(10-11)21-3/h6,8-10,13H,4-5,7H2,1-3H3,(H,16,17)/t13-/m1/s1. The molecule has 0 spiro atoms. The monoisotopic (exact) mass is 343 g/mol. The maximum Gasteiger partial charge on any atom is 0.326 e. The molecule has 0 aliphatic heterocycles. The van der Waals surface area contributed by atoms with E-state index < -0.39 is 27.1 Å². The van der Waals surface area contributed by atoms with Gasteiger partial charge in [0.1, 0.15) is 5.75 Å². The minimum absolute atomic E-state index is 0.0679. The van der Waals surface area contributed by atoms with Crippen LogP contribution in [0.3, 0.4) is 0 Å². The first-order valence-electron chi connectivity index (χ1n) is 7.22. The number of hydrogen-bond acceptors (Lipinski definition) is 6. The number of carbonyl (C=O) groups is 2. The maximum atomic E-state index is 12.3. The Morgan fingerprint density at radius 3 is 2.52 bits per heavy atom. The molecule has 1 atom stereocenters. The van der Waals surface area contributed by atoms with E-state index in [1.165, 1.54) is 19.2 Å². The third-order valence-electron chi connectivity index (χ3n) is 3.04. The predicted octanol–water partition coefficient (Wildman–Crippen LogP) is 1.49. The van der Waals surface area contributed by atoms with Crippen molar-refractivity contribution >= 4 is 21.9 Å². The first-order valence-corrected chi connectivity index (χ1v) is 8.77. The molecule has 0 aliphatic rings. The molecule has 7 nitrogen and oxygen atoms in total. The van der Waals surface area contributed by atoms with Gasteiger partial charge in [0, 0.05) is 5.56 Å². The normalized spacial score (nSPS) is 12.3. The molecule has 1 N–H and O–H groups in total. The zero-order valence-electron chi connectivity index (χ0n) is 13.4. The second-order valence-corrected chi connectivity index (χ2v) is 6.60. The van der Waals surface area contributed by atoms with Gasteiger partial charge < -0.3 is 9.47 Å². The highest BCUT2D eigenvalue weighted by molar-refractivity contribution is 7.91. The number of ether oxygens (including phenoxy) is 2. The fraction of sp³-hybridized carbons (Fsp3) is 0.467. The SMILES string of the molecule is CCC[C@H](C(=O)OCC)S(=O)(=O)NC(=O)c1cccc(OC)c1. The molecule has 23 heavy (non-hydrogen) atoms. The summed E-state index contributed by atoms with van der Waals surface area (Å²) >= 11 is 0. The summed E-state index contributed by atoms with van der Waals surface area (Å²) in [6.07, 6.45) is 0.525. The number of hydrogen-bond donors (Lipinski definition) is 1. The van der Waals surface area contributed by atoms with Crippen LogP contribution in [-0.2, 0) is 19.6 Å². The summed E-state index contributed by atoms with van der Waals surface area (Å²) in [5.74, 6) is -1.26. The lowest BCUT2D eigenvalue weighted by Crippen LogP contribution is -2.43. The highest BCUT2D eigenvalue weighted by atomic mass is 32.2. The van der Waals surface area contributed by atoms with Gasteiger partial charge in [0.25, 0.3) is 5.91 Å². The molecule has 0 bridgehead atoms. The summed E-state index contributed by atoms with van der Waals surface area (Å²) in [6, 6.07) is 6.05. The number of amides is 1. The van der Waals surface area contributed by atoms with Gasteiger partial charge in [0.15, 0.2) is 5.25 Å². The van der Waals surface area contributed by atoms with Gasteiger partial charge in [0.05, 0.1) is 13.7 Å². The Hall–Kier alpha value is -2.09. The number of benzene rings is 1. The van der Waals surface area contributed by atoms with Crippen molar-refractivity contribution in [2.24, 2.45) is 0 Å².